The summed E-state index contributed by atoms with van der Waals surface area (Å²) in [6.45, 7) is 1.80. The Labute approximate surface area is 107 Å². The Morgan fingerprint density at radius 1 is 1.18 bits per heavy atom. The van der Waals surface area contributed by atoms with Crippen LogP contribution in [0.5, 0.6) is 0 Å². The van der Waals surface area contributed by atoms with Crippen molar-refractivity contribution in [2.45, 2.75) is 25.7 Å². The molecule has 1 aliphatic carbocycles. The summed E-state index contributed by atoms with van der Waals surface area (Å²) in [5.41, 5.74) is 5.68. The smallest absolute Gasteiger partial charge is 0.151 e. The SMILES string of the molecule is NCC1CCC(CNc2ccc(Cl)nn2)CC1. The molecule has 0 radical (unpaired) electrons. The van der Waals surface area contributed by atoms with Crippen molar-refractivity contribution in [2.24, 2.45) is 17.6 Å². The average molecular weight is 255 g/mol. The highest BCUT2D eigenvalue weighted by Gasteiger charge is 2.19. The molecule has 1 fully saturated rings. The molecule has 0 aromatic carbocycles. The maximum Gasteiger partial charge on any atom is 0.151 e. The summed E-state index contributed by atoms with van der Waals surface area (Å²) in [6, 6.07) is 3.61. The molecule has 0 unspecified atom stereocenters. The largest absolute Gasteiger partial charge is 0.368 e. The van der Waals surface area contributed by atoms with Crippen LogP contribution >= 0.6 is 11.6 Å². The lowest BCUT2D eigenvalue weighted by molar-refractivity contribution is 0.289. The van der Waals surface area contributed by atoms with E-state index in [4.69, 9.17) is 17.3 Å². The highest BCUT2D eigenvalue weighted by molar-refractivity contribution is 6.29. The summed E-state index contributed by atoms with van der Waals surface area (Å²) in [4.78, 5) is 0. The second-order valence-electron chi connectivity index (χ2n) is 4.74. The molecular formula is C12H19ClN4. The minimum Gasteiger partial charge on any atom is -0.368 e. The number of halogens is 1. The second kappa shape index (κ2) is 6.17. The lowest BCUT2D eigenvalue weighted by Gasteiger charge is -2.27. The Bertz CT molecular complexity index is 333. The van der Waals surface area contributed by atoms with Crippen molar-refractivity contribution >= 4 is 17.4 Å². The Morgan fingerprint density at radius 3 is 2.47 bits per heavy atom. The number of nitrogens with one attached hydrogen (secondary N) is 1. The summed E-state index contributed by atoms with van der Waals surface area (Å²) in [5, 5.41) is 11.5. The topological polar surface area (TPSA) is 63.8 Å². The van der Waals surface area contributed by atoms with Gasteiger partial charge in [0.05, 0.1) is 0 Å². The summed E-state index contributed by atoms with van der Waals surface area (Å²) in [7, 11) is 0. The van der Waals surface area contributed by atoms with Crippen molar-refractivity contribution in [3.63, 3.8) is 0 Å². The number of anilines is 1. The van der Waals surface area contributed by atoms with Gasteiger partial charge in [-0.3, -0.25) is 0 Å². The van der Waals surface area contributed by atoms with Gasteiger partial charge in [-0.05, 0) is 56.2 Å². The summed E-state index contributed by atoms with van der Waals surface area (Å²) >= 11 is 5.68. The molecule has 1 aliphatic rings. The lowest BCUT2D eigenvalue weighted by atomic mass is 9.82. The van der Waals surface area contributed by atoms with Crippen LogP contribution in [0.3, 0.4) is 0 Å². The molecule has 94 valence electrons. The van der Waals surface area contributed by atoms with E-state index in [1.165, 1.54) is 25.7 Å². The number of aromatic nitrogens is 2. The third-order valence-corrected chi connectivity index (χ3v) is 3.71. The molecular weight excluding hydrogens is 236 g/mol. The van der Waals surface area contributed by atoms with E-state index in [1.54, 1.807) is 6.07 Å². The Morgan fingerprint density at radius 2 is 1.88 bits per heavy atom. The average Bonchev–Trinajstić information content (AvgIpc) is 2.39. The van der Waals surface area contributed by atoms with Crippen LogP contribution in [0.15, 0.2) is 12.1 Å². The first kappa shape index (κ1) is 12.6. The summed E-state index contributed by atoms with van der Waals surface area (Å²) < 4.78 is 0. The molecule has 5 heteroatoms. The second-order valence-corrected chi connectivity index (χ2v) is 5.13. The van der Waals surface area contributed by atoms with Crippen LogP contribution < -0.4 is 11.1 Å². The Balaban J connectivity index is 1.74. The Kier molecular flexibility index (Phi) is 4.57. The van der Waals surface area contributed by atoms with Gasteiger partial charge in [0.25, 0.3) is 0 Å². The molecule has 0 bridgehead atoms. The molecule has 0 atom stereocenters. The van der Waals surface area contributed by atoms with Crippen LogP contribution in [0.4, 0.5) is 5.82 Å². The first-order valence-corrected chi connectivity index (χ1v) is 6.59. The van der Waals surface area contributed by atoms with Gasteiger partial charge in [0.2, 0.25) is 0 Å². The number of nitrogens with two attached hydrogens (primary N) is 1. The third-order valence-electron chi connectivity index (χ3n) is 3.50. The van der Waals surface area contributed by atoms with E-state index in [9.17, 15) is 0 Å². The van der Waals surface area contributed by atoms with E-state index >= 15 is 0 Å². The van der Waals surface area contributed by atoms with Crippen LogP contribution in [0, 0.1) is 11.8 Å². The molecule has 17 heavy (non-hydrogen) atoms. The highest BCUT2D eigenvalue weighted by atomic mass is 35.5. The predicted molar refractivity (Wildman–Crippen MR) is 70.0 cm³/mol. The highest BCUT2D eigenvalue weighted by Crippen LogP contribution is 2.28. The zero-order valence-corrected chi connectivity index (χ0v) is 10.7. The van der Waals surface area contributed by atoms with E-state index in [0.29, 0.717) is 5.15 Å². The van der Waals surface area contributed by atoms with Gasteiger partial charge in [-0.1, -0.05) is 11.6 Å². The molecule has 0 spiro atoms. The third kappa shape index (κ3) is 3.82. The molecule has 1 saturated carbocycles. The van der Waals surface area contributed by atoms with Crippen LogP contribution in [0.2, 0.25) is 5.15 Å². The van der Waals surface area contributed by atoms with E-state index in [1.807, 2.05) is 6.07 Å². The number of nitrogens with zero attached hydrogens (tertiary/aromatic N) is 2. The van der Waals surface area contributed by atoms with Crippen molar-refractivity contribution in [3.05, 3.63) is 17.3 Å². The van der Waals surface area contributed by atoms with Gasteiger partial charge < -0.3 is 11.1 Å². The number of rotatable bonds is 4. The van der Waals surface area contributed by atoms with Crippen molar-refractivity contribution in [1.82, 2.24) is 10.2 Å². The van der Waals surface area contributed by atoms with Crippen molar-refractivity contribution in [3.8, 4) is 0 Å². The molecule has 4 nitrogen and oxygen atoms in total. The maximum atomic E-state index is 5.68. The predicted octanol–water partition coefficient (Wildman–Crippen LogP) is 2.31. The van der Waals surface area contributed by atoms with E-state index in [-0.39, 0.29) is 0 Å². The van der Waals surface area contributed by atoms with Crippen molar-refractivity contribution in [1.29, 1.82) is 0 Å². The fourth-order valence-electron chi connectivity index (χ4n) is 2.33. The lowest BCUT2D eigenvalue weighted by Crippen LogP contribution is -2.25. The molecule has 0 saturated heterocycles. The van der Waals surface area contributed by atoms with Crippen LogP contribution in [0.1, 0.15) is 25.7 Å². The monoisotopic (exact) mass is 254 g/mol. The van der Waals surface area contributed by atoms with Crippen LogP contribution in [0.25, 0.3) is 0 Å². The zero-order chi connectivity index (χ0) is 12.1. The van der Waals surface area contributed by atoms with Gasteiger partial charge in [0.15, 0.2) is 5.15 Å². The first-order valence-electron chi connectivity index (χ1n) is 6.21. The van der Waals surface area contributed by atoms with E-state index in [2.05, 4.69) is 15.5 Å². The standard InChI is InChI=1S/C12H19ClN4/c13-11-5-6-12(17-16-11)15-8-10-3-1-9(7-14)2-4-10/h5-6,9-10H,1-4,7-8,14H2,(H,15,17). The number of hydrogen-bond donors (Lipinski definition) is 2. The van der Waals surface area contributed by atoms with Crippen LogP contribution in [-0.2, 0) is 0 Å². The number of hydrogen-bond acceptors (Lipinski definition) is 4. The maximum absolute atomic E-state index is 5.68. The van der Waals surface area contributed by atoms with Crippen LogP contribution in [-0.4, -0.2) is 23.3 Å². The van der Waals surface area contributed by atoms with Gasteiger partial charge in [-0.15, -0.1) is 10.2 Å². The fraction of sp³-hybridized carbons (Fsp3) is 0.667. The molecule has 2 rings (SSSR count). The summed E-state index contributed by atoms with van der Waals surface area (Å²) in [6.07, 6.45) is 5.04. The quantitative estimate of drug-likeness (QED) is 0.866. The molecule has 0 amide bonds. The summed E-state index contributed by atoms with van der Waals surface area (Å²) in [5.74, 6) is 2.27. The Hall–Kier alpha value is -0.870. The first-order chi connectivity index (χ1) is 8.28. The molecule has 1 heterocycles. The van der Waals surface area contributed by atoms with Gasteiger partial charge >= 0.3 is 0 Å². The van der Waals surface area contributed by atoms with Gasteiger partial charge in [0.1, 0.15) is 5.82 Å². The molecule has 0 aliphatic heterocycles. The normalized spacial score (nSPS) is 24.6. The van der Waals surface area contributed by atoms with E-state index in [0.717, 1.165) is 30.7 Å². The zero-order valence-electron chi connectivity index (χ0n) is 9.90. The van der Waals surface area contributed by atoms with Crippen molar-refractivity contribution < 1.29 is 0 Å². The molecule has 1 aromatic rings. The van der Waals surface area contributed by atoms with Crippen molar-refractivity contribution in [2.75, 3.05) is 18.4 Å². The molecule has 3 N–H and O–H groups in total. The fourth-order valence-corrected chi connectivity index (χ4v) is 2.43. The van der Waals surface area contributed by atoms with Gasteiger partial charge in [-0.25, -0.2) is 0 Å². The minimum absolute atomic E-state index is 0.430. The van der Waals surface area contributed by atoms with Gasteiger partial charge in [0, 0.05) is 6.54 Å². The van der Waals surface area contributed by atoms with E-state index < -0.39 is 0 Å². The molecule has 1 aromatic heterocycles. The minimum atomic E-state index is 0.430. The van der Waals surface area contributed by atoms with Gasteiger partial charge in [-0.2, -0.15) is 0 Å².